The van der Waals surface area contributed by atoms with Gasteiger partial charge in [0.15, 0.2) is 5.69 Å². The molecule has 0 saturated heterocycles. The molecule has 0 aliphatic rings. The molecule has 0 fully saturated rings. The predicted octanol–water partition coefficient (Wildman–Crippen LogP) is 3.21. The highest BCUT2D eigenvalue weighted by molar-refractivity contribution is 6.42. The molecule has 1 aromatic heterocycles. The maximum Gasteiger partial charge on any atom is 0.330 e. The van der Waals surface area contributed by atoms with E-state index in [4.69, 9.17) is 28.9 Å². The van der Waals surface area contributed by atoms with Gasteiger partial charge in [0, 0.05) is 19.5 Å². The summed E-state index contributed by atoms with van der Waals surface area (Å²) in [6, 6.07) is 5.23. The van der Waals surface area contributed by atoms with Crippen molar-refractivity contribution in [1.29, 1.82) is 0 Å². The number of rotatable bonds is 8. The fourth-order valence-corrected chi connectivity index (χ4v) is 3.37. The third-order valence-corrected chi connectivity index (χ3v) is 5.33. The topological polar surface area (TPSA) is 101 Å². The second-order valence-electron chi connectivity index (χ2n) is 6.35. The molecule has 1 heterocycles. The molecule has 2 aromatic rings. The molecule has 0 saturated carbocycles. The number of aromatic amines is 1. The summed E-state index contributed by atoms with van der Waals surface area (Å²) < 4.78 is 1.30. The molecule has 0 radical (unpaired) electrons. The van der Waals surface area contributed by atoms with Gasteiger partial charge in [0.05, 0.1) is 10.0 Å². The molecule has 1 aromatic carbocycles. The highest BCUT2D eigenvalue weighted by Crippen LogP contribution is 2.27. The number of nitrogen functional groups attached to an aromatic ring is 1. The van der Waals surface area contributed by atoms with E-state index in [0.29, 0.717) is 23.0 Å². The van der Waals surface area contributed by atoms with Crippen molar-refractivity contribution in [2.75, 3.05) is 17.2 Å². The van der Waals surface area contributed by atoms with E-state index < -0.39 is 11.2 Å². The standard InChI is InChI=1S/C19H24Cl2N4O3/c1-3-5-11-25-17(22)16(18(27)23-19(25)28)24(4-2)14(26)10-9-12-7-6-8-13(20)15(12)21/h6-8H,3-5,9-11,22H2,1-2H3,(H,23,27,28). The summed E-state index contributed by atoms with van der Waals surface area (Å²) in [7, 11) is 0. The smallest absolute Gasteiger partial charge is 0.330 e. The van der Waals surface area contributed by atoms with Gasteiger partial charge >= 0.3 is 5.69 Å². The Labute approximate surface area is 173 Å². The van der Waals surface area contributed by atoms with Gasteiger partial charge < -0.3 is 10.6 Å². The van der Waals surface area contributed by atoms with Crippen LogP contribution in [-0.2, 0) is 17.8 Å². The minimum atomic E-state index is -0.675. The number of nitrogens with two attached hydrogens (primary N) is 1. The summed E-state index contributed by atoms with van der Waals surface area (Å²) in [5, 5.41) is 0.827. The minimum Gasteiger partial charge on any atom is -0.383 e. The highest BCUT2D eigenvalue weighted by Gasteiger charge is 2.23. The molecule has 0 unspecified atom stereocenters. The van der Waals surface area contributed by atoms with Crippen molar-refractivity contribution in [2.24, 2.45) is 0 Å². The fourth-order valence-electron chi connectivity index (χ4n) is 2.95. The number of aromatic nitrogens is 2. The van der Waals surface area contributed by atoms with E-state index in [-0.39, 0.29) is 30.4 Å². The van der Waals surface area contributed by atoms with Crippen LogP contribution in [0.3, 0.4) is 0 Å². The van der Waals surface area contributed by atoms with Crippen LogP contribution >= 0.6 is 23.2 Å². The zero-order valence-corrected chi connectivity index (χ0v) is 17.4. The number of aryl methyl sites for hydroxylation is 1. The Morgan fingerprint density at radius 2 is 1.96 bits per heavy atom. The van der Waals surface area contributed by atoms with Crippen LogP contribution < -0.4 is 21.9 Å². The first-order valence-electron chi connectivity index (χ1n) is 9.17. The van der Waals surface area contributed by atoms with E-state index in [1.807, 2.05) is 6.92 Å². The number of anilines is 2. The van der Waals surface area contributed by atoms with Gasteiger partial charge in [-0.3, -0.25) is 19.1 Å². The third kappa shape index (κ3) is 4.77. The molecule has 0 aliphatic carbocycles. The lowest BCUT2D eigenvalue weighted by atomic mass is 10.1. The van der Waals surface area contributed by atoms with E-state index in [2.05, 4.69) is 4.98 Å². The Morgan fingerprint density at radius 3 is 2.61 bits per heavy atom. The van der Waals surface area contributed by atoms with Crippen LogP contribution in [0.15, 0.2) is 27.8 Å². The average molecular weight is 427 g/mol. The van der Waals surface area contributed by atoms with Crippen LogP contribution in [0.2, 0.25) is 10.0 Å². The maximum absolute atomic E-state index is 12.8. The Balaban J connectivity index is 2.31. The SMILES string of the molecule is CCCCn1c(N)c(N(CC)C(=O)CCc2cccc(Cl)c2Cl)c(=O)[nH]c1=O. The number of benzene rings is 1. The van der Waals surface area contributed by atoms with Crippen molar-refractivity contribution in [3.63, 3.8) is 0 Å². The largest absolute Gasteiger partial charge is 0.383 e. The number of carbonyl (C=O) groups excluding carboxylic acids is 1. The Morgan fingerprint density at radius 1 is 1.25 bits per heavy atom. The number of amides is 1. The van der Waals surface area contributed by atoms with E-state index in [0.717, 1.165) is 18.4 Å². The summed E-state index contributed by atoms with van der Waals surface area (Å²) in [5.41, 5.74) is 5.60. The molecular weight excluding hydrogens is 403 g/mol. The monoisotopic (exact) mass is 426 g/mol. The van der Waals surface area contributed by atoms with Crippen LogP contribution in [0.5, 0.6) is 0 Å². The first-order valence-corrected chi connectivity index (χ1v) is 9.93. The van der Waals surface area contributed by atoms with Crippen molar-refractivity contribution in [3.8, 4) is 0 Å². The summed E-state index contributed by atoms with van der Waals surface area (Å²) in [5.74, 6) is -0.297. The van der Waals surface area contributed by atoms with Crippen LogP contribution in [0.25, 0.3) is 0 Å². The maximum atomic E-state index is 12.8. The molecule has 1 amide bonds. The van der Waals surface area contributed by atoms with Gasteiger partial charge in [0.25, 0.3) is 5.56 Å². The first-order chi connectivity index (χ1) is 13.3. The number of halogens is 2. The molecular formula is C19H24Cl2N4O3. The molecule has 0 bridgehead atoms. The van der Waals surface area contributed by atoms with Gasteiger partial charge in [-0.2, -0.15) is 0 Å². The van der Waals surface area contributed by atoms with Crippen molar-refractivity contribution in [1.82, 2.24) is 9.55 Å². The predicted molar refractivity (Wildman–Crippen MR) is 113 cm³/mol. The third-order valence-electron chi connectivity index (χ3n) is 4.48. The molecule has 152 valence electrons. The highest BCUT2D eigenvalue weighted by atomic mass is 35.5. The summed E-state index contributed by atoms with van der Waals surface area (Å²) in [4.78, 5) is 40.8. The molecule has 2 rings (SSSR count). The van der Waals surface area contributed by atoms with Gasteiger partial charge in [-0.25, -0.2) is 4.79 Å². The molecule has 28 heavy (non-hydrogen) atoms. The number of hydrogen-bond acceptors (Lipinski definition) is 4. The lowest BCUT2D eigenvalue weighted by molar-refractivity contribution is -0.118. The Bertz CT molecular complexity index is 969. The van der Waals surface area contributed by atoms with Gasteiger partial charge in [-0.1, -0.05) is 48.7 Å². The molecule has 7 nitrogen and oxygen atoms in total. The average Bonchev–Trinajstić information content (AvgIpc) is 2.65. The summed E-state index contributed by atoms with van der Waals surface area (Å²) in [6.07, 6.45) is 2.06. The molecule has 0 spiro atoms. The van der Waals surface area contributed by atoms with E-state index in [1.165, 1.54) is 9.47 Å². The number of H-pyrrole nitrogens is 1. The number of hydrogen-bond donors (Lipinski definition) is 2. The Kier molecular flexibility index (Phi) is 7.71. The molecule has 3 N–H and O–H groups in total. The number of nitrogens with zero attached hydrogens (tertiary/aromatic N) is 2. The van der Waals surface area contributed by atoms with Crippen LogP contribution in [-0.4, -0.2) is 22.0 Å². The number of carbonyl (C=O) groups is 1. The summed E-state index contributed by atoms with van der Waals surface area (Å²) in [6.45, 7) is 4.33. The van der Waals surface area contributed by atoms with Gasteiger partial charge in [-0.05, 0) is 31.4 Å². The van der Waals surface area contributed by atoms with Crippen LogP contribution in [0.4, 0.5) is 11.5 Å². The minimum absolute atomic E-state index is 0.000365. The first kappa shape index (κ1) is 22.0. The molecule has 0 atom stereocenters. The fraction of sp³-hybridized carbons (Fsp3) is 0.421. The van der Waals surface area contributed by atoms with Gasteiger partial charge in [0.1, 0.15) is 5.82 Å². The van der Waals surface area contributed by atoms with Crippen molar-refractivity contribution in [2.45, 2.75) is 46.1 Å². The van der Waals surface area contributed by atoms with Crippen molar-refractivity contribution in [3.05, 3.63) is 54.6 Å². The zero-order valence-electron chi connectivity index (χ0n) is 15.9. The number of nitrogens with one attached hydrogen (secondary N) is 1. The van der Waals surface area contributed by atoms with Crippen LogP contribution in [0, 0.1) is 0 Å². The quantitative estimate of drug-likeness (QED) is 0.676. The zero-order chi connectivity index (χ0) is 20.8. The Hall–Kier alpha value is -2.25. The van der Waals surface area contributed by atoms with E-state index in [9.17, 15) is 14.4 Å². The van der Waals surface area contributed by atoms with Gasteiger partial charge in [-0.15, -0.1) is 0 Å². The lowest BCUT2D eigenvalue weighted by Crippen LogP contribution is -2.41. The van der Waals surface area contributed by atoms with Crippen LogP contribution in [0.1, 0.15) is 38.7 Å². The van der Waals surface area contributed by atoms with E-state index >= 15 is 0 Å². The van der Waals surface area contributed by atoms with Gasteiger partial charge in [0.2, 0.25) is 5.91 Å². The van der Waals surface area contributed by atoms with Crippen molar-refractivity contribution >= 4 is 40.6 Å². The second kappa shape index (κ2) is 9.80. The normalized spacial score (nSPS) is 10.9. The second-order valence-corrected chi connectivity index (χ2v) is 7.13. The molecule has 9 heteroatoms. The summed E-state index contributed by atoms with van der Waals surface area (Å²) >= 11 is 12.2. The number of unbranched alkanes of at least 4 members (excludes halogenated alkanes) is 1. The molecule has 0 aliphatic heterocycles. The van der Waals surface area contributed by atoms with Crippen molar-refractivity contribution < 1.29 is 4.79 Å². The van der Waals surface area contributed by atoms with E-state index in [1.54, 1.807) is 25.1 Å². The lowest BCUT2D eigenvalue weighted by Gasteiger charge is -2.23.